The molecule has 1 aliphatic rings. The number of carbonyl (C=O) groups excluding carboxylic acids is 1. The fourth-order valence-electron chi connectivity index (χ4n) is 3.07. The summed E-state index contributed by atoms with van der Waals surface area (Å²) < 4.78 is 13.8. The van der Waals surface area contributed by atoms with Crippen molar-refractivity contribution in [3.63, 3.8) is 0 Å². The van der Waals surface area contributed by atoms with Gasteiger partial charge < -0.3 is 31.4 Å². The topological polar surface area (TPSA) is 166 Å². The van der Waals surface area contributed by atoms with Gasteiger partial charge in [-0.05, 0) is 18.2 Å². The molecule has 1 aromatic carbocycles. The molecular formula is C19H20FN7O4. The second-order valence-electron chi connectivity index (χ2n) is 6.68. The van der Waals surface area contributed by atoms with Crippen LogP contribution in [0.3, 0.4) is 0 Å². The van der Waals surface area contributed by atoms with E-state index in [9.17, 15) is 14.0 Å². The lowest BCUT2D eigenvalue weighted by Crippen LogP contribution is -2.56. The van der Waals surface area contributed by atoms with Crippen LogP contribution in [0.4, 0.5) is 21.7 Å². The Kier molecular flexibility index (Phi) is 6.40. The standard InChI is InChI=1S/C18H18FN7O2.CH2O2/c1-21-14-4-10(19)2-9-3-13(17(28)25-15(9)14)16(27)24-12-5-22-18(23-6-12)26-7-11(20)8-26;2-1-3/h2-6,11,21H,7-8,20H2,1H3,(H,24,27)(H,25,28);1H,(H,2,3). The lowest BCUT2D eigenvalue weighted by atomic mass is 10.1. The number of rotatable bonds is 4. The average molecular weight is 429 g/mol. The van der Waals surface area contributed by atoms with Crippen molar-refractivity contribution < 1.29 is 19.1 Å². The van der Waals surface area contributed by atoms with Crippen LogP contribution in [0, 0.1) is 5.82 Å². The van der Waals surface area contributed by atoms with Crippen molar-refractivity contribution in [1.82, 2.24) is 15.0 Å². The minimum absolute atomic E-state index is 0.121. The van der Waals surface area contributed by atoms with Gasteiger partial charge in [0.05, 0.1) is 29.3 Å². The Balaban J connectivity index is 0.000000858. The van der Waals surface area contributed by atoms with E-state index in [0.717, 1.165) is 0 Å². The van der Waals surface area contributed by atoms with E-state index in [4.69, 9.17) is 15.6 Å². The lowest BCUT2D eigenvalue weighted by Gasteiger charge is -2.36. The minimum atomic E-state index is -0.638. The van der Waals surface area contributed by atoms with Crippen LogP contribution < -0.4 is 26.8 Å². The molecule has 4 rings (SSSR count). The quantitative estimate of drug-likeness (QED) is 0.373. The number of anilines is 3. The number of fused-ring (bicyclic) bond motifs is 1. The molecule has 0 aliphatic carbocycles. The van der Waals surface area contributed by atoms with E-state index in [0.29, 0.717) is 41.3 Å². The van der Waals surface area contributed by atoms with Gasteiger partial charge in [-0.2, -0.15) is 0 Å². The third-order valence-electron chi connectivity index (χ3n) is 4.52. The summed E-state index contributed by atoms with van der Waals surface area (Å²) in [5.74, 6) is -0.593. The Hall–Kier alpha value is -4.06. The van der Waals surface area contributed by atoms with Crippen molar-refractivity contribution >= 4 is 40.6 Å². The number of aromatic amines is 1. The second kappa shape index (κ2) is 9.17. The number of aromatic nitrogens is 3. The number of carboxylic acid groups (broad SMARTS) is 1. The highest BCUT2D eigenvalue weighted by molar-refractivity contribution is 6.06. The summed E-state index contributed by atoms with van der Waals surface area (Å²) in [5.41, 5.74) is 6.20. The van der Waals surface area contributed by atoms with Crippen molar-refractivity contribution in [3.8, 4) is 0 Å². The molecule has 0 atom stereocenters. The van der Waals surface area contributed by atoms with Crippen LogP contribution in [-0.4, -0.2) is 58.6 Å². The van der Waals surface area contributed by atoms with Crippen molar-refractivity contribution in [3.05, 3.63) is 52.3 Å². The van der Waals surface area contributed by atoms with Gasteiger partial charge in [-0.25, -0.2) is 14.4 Å². The molecule has 3 aromatic rings. The Morgan fingerprint density at radius 3 is 2.55 bits per heavy atom. The number of H-pyrrole nitrogens is 1. The van der Waals surface area contributed by atoms with Gasteiger partial charge in [0.2, 0.25) is 5.95 Å². The van der Waals surface area contributed by atoms with Crippen molar-refractivity contribution in [2.45, 2.75) is 6.04 Å². The van der Waals surface area contributed by atoms with Crippen LogP contribution in [0.1, 0.15) is 10.4 Å². The summed E-state index contributed by atoms with van der Waals surface area (Å²) in [7, 11) is 1.62. The second-order valence-corrected chi connectivity index (χ2v) is 6.68. The van der Waals surface area contributed by atoms with E-state index >= 15 is 0 Å². The maximum absolute atomic E-state index is 13.8. The summed E-state index contributed by atoms with van der Waals surface area (Å²) in [5, 5.41) is 12.7. The fraction of sp³-hybridized carbons (Fsp3) is 0.211. The Morgan fingerprint density at radius 2 is 1.97 bits per heavy atom. The summed E-state index contributed by atoms with van der Waals surface area (Å²) in [4.78, 5) is 46.1. The van der Waals surface area contributed by atoms with Gasteiger partial charge in [-0.1, -0.05) is 0 Å². The fourth-order valence-corrected chi connectivity index (χ4v) is 3.07. The molecule has 0 spiro atoms. The molecule has 1 aliphatic heterocycles. The van der Waals surface area contributed by atoms with Gasteiger partial charge in [0, 0.05) is 31.6 Å². The van der Waals surface area contributed by atoms with Crippen LogP contribution in [0.5, 0.6) is 0 Å². The monoisotopic (exact) mass is 429 g/mol. The number of halogens is 1. The number of nitrogens with two attached hydrogens (primary N) is 1. The van der Waals surface area contributed by atoms with Gasteiger partial charge >= 0.3 is 0 Å². The van der Waals surface area contributed by atoms with Crippen molar-refractivity contribution in [2.75, 3.05) is 35.7 Å². The number of nitrogens with zero attached hydrogens (tertiary/aromatic N) is 3. The number of benzene rings is 1. The summed E-state index contributed by atoms with van der Waals surface area (Å²) in [6.45, 7) is 1.12. The molecule has 0 bridgehead atoms. The van der Waals surface area contributed by atoms with Crippen molar-refractivity contribution in [2.24, 2.45) is 5.73 Å². The largest absolute Gasteiger partial charge is 0.483 e. The van der Waals surface area contributed by atoms with Gasteiger partial charge in [0.25, 0.3) is 17.9 Å². The van der Waals surface area contributed by atoms with Gasteiger partial charge in [-0.15, -0.1) is 0 Å². The van der Waals surface area contributed by atoms with E-state index in [1.807, 2.05) is 4.90 Å². The molecule has 162 valence electrons. The highest BCUT2D eigenvalue weighted by Gasteiger charge is 2.25. The highest BCUT2D eigenvalue weighted by Crippen LogP contribution is 2.23. The number of nitrogens with one attached hydrogen (secondary N) is 3. The first-order valence-corrected chi connectivity index (χ1v) is 9.12. The van der Waals surface area contributed by atoms with Gasteiger partial charge in [-0.3, -0.25) is 14.4 Å². The molecule has 0 saturated carbocycles. The molecular weight excluding hydrogens is 409 g/mol. The Labute approximate surface area is 175 Å². The molecule has 0 unspecified atom stereocenters. The molecule has 1 amide bonds. The number of hydrogen-bond acceptors (Lipinski definition) is 8. The van der Waals surface area contributed by atoms with E-state index in [1.54, 1.807) is 7.05 Å². The molecule has 12 heteroatoms. The van der Waals surface area contributed by atoms with Gasteiger partial charge in [0.15, 0.2) is 0 Å². The smallest absolute Gasteiger partial charge is 0.290 e. The number of amides is 1. The van der Waals surface area contributed by atoms with E-state index in [2.05, 4.69) is 25.6 Å². The summed E-state index contributed by atoms with van der Waals surface area (Å²) >= 11 is 0. The van der Waals surface area contributed by atoms with E-state index in [1.165, 1.54) is 30.6 Å². The maximum Gasteiger partial charge on any atom is 0.290 e. The Bertz CT molecular complexity index is 1160. The Morgan fingerprint density at radius 1 is 1.32 bits per heavy atom. The zero-order valence-corrected chi connectivity index (χ0v) is 16.4. The molecule has 1 saturated heterocycles. The average Bonchev–Trinajstić information content (AvgIpc) is 2.72. The number of hydrogen-bond donors (Lipinski definition) is 5. The van der Waals surface area contributed by atoms with Crippen LogP contribution >= 0.6 is 0 Å². The molecule has 2 aromatic heterocycles. The minimum Gasteiger partial charge on any atom is -0.483 e. The highest BCUT2D eigenvalue weighted by atomic mass is 19.1. The first kappa shape index (κ1) is 21.6. The molecule has 3 heterocycles. The summed E-state index contributed by atoms with van der Waals surface area (Å²) in [6.07, 6.45) is 2.91. The third kappa shape index (κ3) is 4.75. The number of carbonyl (C=O) groups is 2. The third-order valence-corrected chi connectivity index (χ3v) is 4.52. The molecule has 31 heavy (non-hydrogen) atoms. The van der Waals surface area contributed by atoms with Gasteiger partial charge in [0.1, 0.15) is 11.4 Å². The van der Waals surface area contributed by atoms with Crippen LogP contribution in [0.25, 0.3) is 10.9 Å². The maximum atomic E-state index is 13.8. The van der Waals surface area contributed by atoms with Crippen molar-refractivity contribution in [1.29, 1.82) is 0 Å². The first-order valence-electron chi connectivity index (χ1n) is 9.12. The molecule has 6 N–H and O–H groups in total. The lowest BCUT2D eigenvalue weighted by molar-refractivity contribution is -0.122. The van der Waals surface area contributed by atoms with Crippen LogP contribution in [-0.2, 0) is 4.79 Å². The predicted molar refractivity (Wildman–Crippen MR) is 113 cm³/mol. The molecule has 11 nitrogen and oxygen atoms in total. The molecule has 0 radical (unpaired) electrons. The van der Waals surface area contributed by atoms with Crippen LogP contribution in [0.2, 0.25) is 0 Å². The zero-order valence-electron chi connectivity index (χ0n) is 16.4. The van der Waals surface area contributed by atoms with E-state index < -0.39 is 17.3 Å². The number of pyridine rings is 1. The van der Waals surface area contributed by atoms with Crippen LogP contribution in [0.15, 0.2) is 35.4 Å². The SMILES string of the molecule is CNc1cc(F)cc2cc(C(=O)Nc3cnc(N4CC(N)C4)nc3)c(=O)[nH]c12.O=CO. The first-order chi connectivity index (χ1) is 14.9. The molecule has 1 fully saturated rings. The zero-order chi connectivity index (χ0) is 22.5. The summed E-state index contributed by atoms with van der Waals surface area (Å²) in [6, 6.07) is 3.99. The van der Waals surface area contributed by atoms with E-state index in [-0.39, 0.29) is 18.1 Å². The predicted octanol–water partition coefficient (Wildman–Crippen LogP) is 0.599. The normalized spacial score (nSPS) is 13.1.